The number of aryl methyl sites for hydroxylation is 1. The van der Waals surface area contributed by atoms with E-state index in [0.717, 1.165) is 5.16 Å². The van der Waals surface area contributed by atoms with Crippen molar-refractivity contribution in [3.8, 4) is 0 Å². The lowest BCUT2D eigenvalue weighted by atomic mass is 10.8. The van der Waals surface area contributed by atoms with Crippen LogP contribution in [0.4, 0.5) is 0 Å². The highest BCUT2D eigenvalue weighted by atomic mass is 32.2. The molecule has 0 spiro atoms. The molecule has 0 saturated carbocycles. The van der Waals surface area contributed by atoms with Crippen LogP contribution in [0.3, 0.4) is 0 Å². The van der Waals surface area contributed by atoms with Crippen LogP contribution in [-0.2, 0) is 7.05 Å². The first-order valence-corrected chi connectivity index (χ1v) is 3.56. The van der Waals surface area contributed by atoms with Gasteiger partial charge in [-0.15, -0.1) is 11.7 Å². The molecular formula is C5H7N4S. The molecule has 0 aliphatic carbocycles. The minimum absolute atomic E-state index is 0.764. The standard InChI is InChI=1S/C5H7N4S/c1-3-4-10-5-6-7-8-9(5)2/h3-4H,1H2,2H3. The van der Waals surface area contributed by atoms with Gasteiger partial charge in [0.2, 0.25) is 5.16 Å². The van der Waals surface area contributed by atoms with Gasteiger partial charge in [-0.1, -0.05) is 17.8 Å². The van der Waals surface area contributed by atoms with Gasteiger partial charge in [0.05, 0.1) is 0 Å². The number of rotatable bonds is 3. The van der Waals surface area contributed by atoms with E-state index in [-0.39, 0.29) is 0 Å². The van der Waals surface area contributed by atoms with E-state index < -0.39 is 0 Å². The fourth-order valence-corrected chi connectivity index (χ4v) is 0.921. The molecule has 53 valence electrons. The van der Waals surface area contributed by atoms with Crippen LogP contribution in [0.25, 0.3) is 0 Å². The van der Waals surface area contributed by atoms with Crippen molar-refractivity contribution in [1.82, 2.24) is 20.2 Å². The summed E-state index contributed by atoms with van der Waals surface area (Å²) in [5.41, 5.74) is 0. The van der Waals surface area contributed by atoms with Crippen LogP contribution >= 0.6 is 11.8 Å². The Balaban J connectivity index is 2.56. The van der Waals surface area contributed by atoms with E-state index in [4.69, 9.17) is 0 Å². The lowest BCUT2D eigenvalue weighted by molar-refractivity contribution is 0.665. The van der Waals surface area contributed by atoms with Crippen LogP contribution < -0.4 is 0 Å². The predicted molar refractivity (Wildman–Crippen MR) is 39.2 cm³/mol. The maximum absolute atomic E-state index is 3.74. The normalized spacial score (nSPS) is 9.70. The average molecular weight is 155 g/mol. The van der Waals surface area contributed by atoms with Gasteiger partial charge >= 0.3 is 0 Å². The molecule has 1 aromatic heterocycles. The summed E-state index contributed by atoms with van der Waals surface area (Å²) in [6.45, 7) is 3.54. The maximum Gasteiger partial charge on any atom is 0.209 e. The van der Waals surface area contributed by atoms with Gasteiger partial charge in [0, 0.05) is 12.8 Å². The van der Waals surface area contributed by atoms with Crippen molar-refractivity contribution < 1.29 is 0 Å². The highest BCUT2D eigenvalue weighted by molar-refractivity contribution is 8.01. The van der Waals surface area contributed by atoms with Crippen molar-refractivity contribution in [3.05, 3.63) is 18.4 Å². The smallest absolute Gasteiger partial charge is 0.209 e. The quantitative estimate of drug-likeness (QED) is 0.601. The zero-order chi connectivity index (χ0) is 7.40. The van der Waals surface area contributed by atoms with Crippen molar-refractivity contribution in [2.75, 3.05) is 0 Å². The highest BCUT2D eigenvalue weighted by Crippen LogP contribution is 2.15. The van der Waals surface area contributed by atoms with Crippen molar-refractivity contribution in [1.29, 1.82) is 0 Å². The zero-order valence-electron chi connectivity index (χ0n) is 5.56. The van der Waals surface area contributed by atoms with Crippen LogP contribution in [0.15, 0.2) is 17.8 Å². The number of aromatic nitrogens is 4. The minimum atomic E-state index is 0.764. The van der Waals surface area contributed by atoms with Gasteiger partial charge in [0.25, 0.3) is 0 Å². The lowest BCUT2D eigenvalue weighted by Gasteiger charge is -1.91. The lowest BCUT2D eigenvalue weighted by Crippen LogP contribution is -1.91. The molecule has 0 aliphatic rings. The Kier molecular flexibility index (Phi) is 2.44. The van der Waals surface area contributed by atoms with Gasteiger partial charge in [0.1, 0.15) is 0 Å². The van der Waals surface area contributed by atoms with E-state index in [9.17, 15) is 0 Å². The molecule has 0 aliphatic heterocycles. The Morgan fingerprint density at radius 3 is 3.00 bits per heavy atom. The Hall–Kier alpha value is -0.840. The molecule has 1 aromatic rings. The topological polar surface area (TPSA) is 43.6 Å². The third-order valence-electron chi connectivity index (χ3n) is 0.851. The molecule has 10 heavy (non-hydrogen) atoms. The number of thioether (sulfide) groups is 1. The molecule has 0 aromatic carbocycles. The van der Waals surface area contributed by atoms with E-state index in [1.54, 1.807) is 17.8 Å². The second-order valence-electron chi connectivity index (χ2n) is 1.57. The fraction of sp³-hybridized carbons (Fsp3) is 0.200. The van der Waals surface area contributed by atoms with Crippen LogP contribution in [0.5, 0.6) is 0 Å². The molecule has 1 heterocycles. The van der Waals surface area contributed by atoms with Crippen molar-refractivity contribution >= 4 is 11.8 Å². The van der Waals surface area contributed by atoms with E-state index in [2.05, 4.69) is 22.1 Å². The minimum Gasteiger partial charge on any atom is -0.224 e. The summed E-state index contributed by atoms with van der Waals surface area (Å²) in [6.07, 6.45) is 1.69. The summed E-state index contributed by atoms with van der Waals surface area (Å²) in [5, 5.41) is 11.6. The largest absolute Gasteiger partial charge is 0.224 e. The summed E-state index contributed by atoms with van der Waals surface area (Å²) in [5.74, 6) is 1.83. The molecule has 0 amide bonds. The molecule has 4 nitrogen and oxygen atoms in total. The number of hydrogen-bond donors (Lipinski definition) is 0. The molecular weight excluding hydrogens is 148 g/mol. The number of hydrogen-bond acceptors (Lipinski definition) is 4. The molecule has 0 bridgehead atoms. The summed E-state index contributed by atoms with van der Waals surface area (Å²) in [4.78, 5) is 0. The Morgan fingerprint density at radius 1 is 1.70 bits per heavy atom. The van der Waals surface area contributed by atoms with Crippen LogP contribution in [-0.4, -0.2) is 20.2 Å². The Morgan fingerprint density at radius 2 is 2.50 bits per heavy atom. The summed E-state index contributed by atoms with van der Waals surface area (Å²) in [6, 6.07) is 0. The van der Waals surface area contributed by atoms with Crippen molar-refractivity contribution in [3.63, 3.8) is 0 Å². The van der Waals surface area contributed by atoms with Gasteiger partial charge in [-0.3, -0.25) is 0 Å². The molecule has 0 saturated heterocycles. The van der Waals surface area contributed by atoms with Gasteiger partial charge in [-0.2, -0.15) is 0 Å². The molecule has 1 rings (SSSR count). The third-order valence-corrected chi connectivity index (χ3v) is 1.74. The van der Waals surface area contributed by atoms with E-state index in [0.29, 0.717) is 0 Å². The van der Waals surface area contributed by atoms with Crippen molar-refractivity contribution in [2.45, 2.75) is 5.16 Å². The van der Waals surface area contributed by atoms with Gasteiger partial charge in [0.15, 0.2) is 0 Å². The predicted octanol–water partition coefficient (Wildman–Crippen LogP) is 0.650. The van der Waals surface area contributed by atoms with E-state index >= 15 is 0 Å². The SMILES string of the molecule is C=C[CH]Sc1nnnn1C. The van der Waals surface area contributed by atoms with Gasteiger partial charge < -0.3 is 0 Å². The van der Waals surface area contributed by atoms with Crippen molar-refractivity contribution in [2.24, 2.45) is 7.05 Å². The molecule has 0 unspecified atom stereocenters. The fourth-order valence-electron chi connectivity index (χ4n) is 0.430. The summed E-state index contributed by atoms with van der Waals surface area (Å²) < 4.78 is 1.60. The van der Waals surface area contributed by atoms with Crippen LogP contribution in [0.1, 0.15) is 0 Å². The molecule has 0 atom stereocenters. The van der Waals surface area contributed by atoms with E-state index in [1.807, 2.05) is 5.75 Å². The first-order chi connectivity index (χ1) is 4.84. The first kappa shape index (κ1) is 7.27. The van der Waals surface area contributed by atoms with Gasteiger partial charge in [-0.25, -0.2) is 4.68 Å². The average Bonchev–Trinajstić information content (AvgIpc) is 2.31. The monoisotopic (exact) mass is 155 g/mol. The van der Waals surface area contributed by atoms with Gasteiger partial charge in [-0.05, 0) is 10.4 Å². The molecule has 5 heteroatoms. The molecule has 0 fully saturated rings. The summed E-state index contributed by atoms with van der Waals surface area (Å²) >= 11 is 1.44. The second kappa shape index (κ2) is 3.36. The molecule has 0 N–H and O–H groups in total. The second-order valence-corrected chi connectivity index (χ2v) is 2.45. The molecule has 1 radical (unpaired) electrons. The Labute approximate surface area is 63.3 Å². The third kappa shape index (κ3) is 1.57. The summed E-state index contributed by atoms with van der Waals surface area (Å²) in [7, 11) is 1.79. The Bertz CT molecular complexity index is 219. The van der Waals surface area contributed by atoms with Crippen LogP contribution in [0.2, 0.25) is 0 Å². The van der Waals surface area contributed by atoms with Crippen LogP contribution in [0, 0.1) is 5.75 Å². The zero-order valence-corrected chi connectivity index (χ0v) is 6.38. The highest BCUT2D eigenvalue weighted by Gasteiger charge is 1.99. The first-order valence-electron chi connectivity index (χ1n) is 2.68. The number of nitrogens with zero attached hydrogens (tertiary/aromatic N) is 4. The van der Waals surface area contributed by atoms with E-state index in [1.165, 1.54) is 11.8 Å². The number of tetrazole rings is 1. The maximum atomic E-state index is 3.74.